The number of phenols is 1. The second-order valence-corrected chi connectivity index (χ2v) is 13.2. The fraction of sp³-hybridized carbons (Fsp3) is 0.250. The number of benzene rings is 1. The van der Waals surface area contributed by atoms with E-state index in [4.69, 9.17) is 56.9 Å². The maximum Gasteiger partial charge on any atom is 0.322 e. The molecule has 14 heteroatoms. The van der Waals surface area contributed by atoms with Crippen molar-refractivity contribution in [3.8, 4) is 5.75 Å². The molecule has 0 bridgehead atoms. The summed E-state index contributed by atoms with van der Waals surface area (Å²) in [5, 5.41) is 13.4. The zero-order valence-corrected chi connectivity index (χ0v) is 30.2. The van der Waals surface area contributed by atoms with E-state index in [0.29, 0.717) is 57.9 Å². The molecule has 0 aliphatic rings. The third-order valence-electron chi connectivity index (χ3n) is 7.71. The zero-order valence-electron chi connectivity index (χ0n) is 27.1. The van der Waals surface area contributed by atoms with Crippen LogP contribution in [0.1, 0.15) is 39.5 Å². The van der Waals surface area contributed by atoms with Crippen molar-refractivity contribution in [3.05, 3.63) is 145 Å². The minimum absolute atomic E-state index is 0.0894. The molecule has 0 aliphatic carbocycles. The van der Waals surface area contributed by atoms with E-state index in [-0.39, 0.29) is 25.3 Å². The van der Waals surface area contributed by atoms with Gasteiger partial charge in [0, 0.05) is 50.4 Å². The molecule has 10 nitrogen and oxygen atoms in total. The normalized spacial score (nSPS) is 12.0. The van der Waals surface area contributed by atoms with E-state index in [0.717, 1.165) is 28.3 Å². The lowest BCUT2D eigenvalue weighted by Gasteiger charge is -2.26. The highest BCUT2D eigenvalue weighted by Crippen LogP contribution is 2.30. The molecule has 4 heterocycles. The molecule has 3 N–H and O–H groups in total. The predicted molar refractivity (Wildman–Crippen MR) is 195 cm³/mol. The van der Waals surface area contributed by atoms with Gasteiger partial charge in [-0.25, -0.2) is 19.9 Å². The summed E-state index contributed by atoms with van der Waals surface area (Å²) in [7, 11) is 1.30. The van der Waals surface area contributed by atoms with Gasteiger partial charge < -0.3 is 15.6 Å². The number of halogens is 4. The molecular weight excluding hydrogens is 720 g/mol. The van der Waals surface area contributed by atoms with Crippen LogP contribution in [0.4, 0.5) is 0 Å². The number of esters is 1. The summed E-state index contributed by atoms with van der Waals surface area (Å²) in [5.74, 6) is -0.450. The third-order valence-corrected chi connectivity index (χ3v) is 8.55. The molecule has 0 spiro atoms. The number of methoxy groups -OCH3 is 1. The molecule has 1 unspecified atom stereocenters. The van der Waals surface area contributed by atoms with Gasteiger partial charge in [0.1, 0.15) is 32.4 Å². The molecule has 0 fully saturated rings. The van der Waals surface area contributed by atoms with Crippen molar-refractivity contribution in [1.29, 1.82) is 0 Å². The molecule has 5 rings (SSSR count). The Labute approximate surface area is 310 Å². The Morgan fingerprint density at radius 1 is 0.660 bits per heavy atom. The maximum absolute atomic E-state index is 12.3. The van der Waals surface area contributed by atoms with E-state index in [1.165, 1.54) is 7.11 Å². The van der Waals surface area contributed by atoms with Crippen LogP contribution in [-0.4, -0.2) is 54.0 Å². The molecule has 0 saturated heterocycles. The van der Waals surface area contributed by atoms with Crippen LogP contribution in [0.3, 0.4) is 0 Å². The van der Waals surface area contributed by atoms with Crippen molar-refractivity contribution in [2.24, 2.45) is 5.73 Å². The van der Waals surface area contributed by atoms with E-state index in [9.17, 15) is 9.90 Å². The van der Waals surface area contributed by atoms with Gasteiger partial charge >= 0.3 is 5.97 Å². The highest BCUT2D eigenvalue weighted by Gasteiger charge is 2.21. The smallest absolute Gasteiger partial charge is 0.322 e. The van der Waals surface area contributed by atoms with Crippen LogP contribution in [0.5, 0.6) is 5.75 Å². The Hall–Kier alpha value is -3.87. The van der Waals surface area contributed by atoms with Crippen LogP contribution in [0, 0.1) is 0 Å². The number of carbonyl (C=O) groups is 1. The molecule has 0 saturated carbocycles. The molecule has 50 heavy (non-hydrogen) atoms. The summed E-state index contributed by atoms with van der Waals surface area (Å²) >= 11 is 24.9. The van der Waals surface area contributed by atoms with Crippen LogP contribution >= 0.6 is 46.4 Å². The molecule has 0 radical (unpaired) electrons. The number of rotatable bonds is 15. The number of aromatic nitrogens is 4. The van der Waals surface area contributed by atoms with Gasteiger partial charge in [-0.1, -0.05) is 82.8 Å². The lowest BCUT2D eigenvalue weighted by molar-refractivity contribution is -0.142. The monoisotopic (exact) mass is 753 g/mol. The van der Waals surface area contributed by atoms with Crippen LogP contribution in [0.15, 0.2) is 84.9 Å². The van der Waals surface area contributed by atoms with Crippen LogP contribution in [0.25, 0.3) is 0 Å². The zero-order chi connectivity index (χ0) is 35.6. The number of ether oxygens (including phenoxy) is 1. The van der Waals surface area contributed by atoms with E-state index < -0.39 is 12.0 Å². The molecule has 0 aliphatic heterocycles. The van der Waals surface area contributed by atoms with Gasteiger partial charge in [0.15, 0.2) is 0 Å². The first kappa shape index (κ1) is 37.4. The van der Waals surface area contributed by atoms with Gasteiger partial charge in [-0.15, -0.1) is 0 Å². The van der Waals surface area contributed by atoms with Gasteiger partial charge in [0.25, 0.3) is 0 Å². The highest BCUT2D eigenvalue weighted by molar-refractivity contribution is 6.30. The first-order valence-electron chi connectivity index (χ1n) is 15.6. The number of hydrogen-bond acceptors (Lipinski definition) is 10. The summed E-state index contributed by atoms with van der Waals surface area (Å²) in [6.45, 7) is 2.14. The number of pyridine rings is 4. The van der Waals surface area contributed by atoms with Gasteiger partial charge in [0.05, 0.1) is 29.9 Å². The SMILES string of the molecule is COC(=O)C(N)Cc1cc(CN(Cc2cccc(Cl)n2)Cc2cccc(Cl)n2)c(O)c(CN(Cc2cccc(Cl)n2)Cc2cccc(Cl)n2)c1. The summed E-state index contributed by atoms with van der Waals surface area (Å²) in [6, 6.07) is 24.5. The van der Waals surface area contributed by atoms with E-state index >= 15 is 0 Å². The number of aromatic hydroxyl groups is 1. The van der Waals surface area contributed by atoms with Crippen molar-refractivity contribution in [2.45, 2.75) is 51.7 Å². The fourth-order valence-corrected chi connectivity index (χ4v) is 6.29. The van der Waals surface area contributed by atoms with Gasteiger partial charge in [-0.2, -0.15) is 0 Å². The van der Waals surface area contributed by atoms with E-state index in [1.807, 2.05) is 60.7 Å². The van der Waals surface area contributed by atoms with Crippen molar-refractivity contribution in [2.75, 3.05) is 7.11 Å². The van der Waals surface area contributed by atoms with Gasteiger partial charge in [0.2, 0.25) is 0 Å². The molecular formula is C36H35Cl4N7O3. The van der Waals surface area contributed by atoms with E-state index in [1.54, 1.807) is 24.3 Å². The largest absolute Gasteiger partial charge is 0.507 e. The average Bonchev–Trinajstić information content (AvgIpc) is 3.06. The minimum atomic E-state index is -0.907. The maximum atomic E-state index is 12.3. The van der Waals surface area contributed by atoms with Crippen LogP contribution in [0.2, 0.25) is 20.6 Å². The number of carbonyl (C=O) groups excluding carboxylic acids is 1. The van der Waals surface area contributed by atoms with Gasteiger partial charge in [-0.3, -0.25) is 14.6 Å². The third kappa shape index (κ3) is 11.1. The van der Waals surface area contributed by atoms with Crippen LogP contribution < -0.4 is 5.73 Å². The number of nitrogens with two attached hydrogens (primary N) is 1. The first-order chi connectivity index (χ1) is 24.0. The van der Waals surface area contributed by atoms with Crippen molar-refractivity contribution in [3.63, 3.8) is 0 Å². The Balaban J connectivity index is 1.53. The lowest BCUT2D eigenvalue weighted by Crippen LogP contribution is -2.33. The highest BCUT2D eigenvalue weighted by atomic mass is 35.5. The molecule has 4 aromatic heterocycles. The number of phenolic OH excluding ortho intramolecular Hbond substituents is 1. The summed E-state index contributed by atoms with van der Waals surface area (Å²) in [4.78, 5) is 34.4. The number of hydrogen-bond donors (Lipinski definition) is 2. The topological polar surface area (TPSA) is 131 Å². The quantitative estimate of drug-likeness (QED) is 0.0849. The Morgan fingerprint density at radius 2 is 1.00 bits per heavy atom. The van der Waals surface area contributed by atoms with Crippen molar-refractivity contribution < 1.29 is 14.6 Å². The summed E-state index contributed by atoms with van der Waals surface area (Å²) < 4.78 is 4.90. The number of nitrogens with zero attached hydrogens (tertiary/aromatic N) is 6. The molecule has 1 atom stereocenters. The standard InChI is InChI=1S/C36H35Cl4N7O3/c1-50-36(49)30(41)16-23-14-24(17-46(19-26-6-2-10-31(37)42-26)20-27-7-3-11-32(38)43-27)35(48)25(15-23)18-47(21-28-8-4-12-33(39)44-28)22-29-9-5-13-34(40)45-29/h2-15,30,48H,16-22,41H2,1H3. The van der Waals surface area contributed by atoms with Crippen molar-refractivity contribution in [1.82, 2.24) is 29.7 Å². The average molecular weight is 756 g/mol. The molecule has 260 valence electrons. The first-order valence-corrected chi connectivity index (χ1v) is 17.1. The van der Waals surface area contributed by atoms with Crippen molar-refractivity contribution >= 4 is 52.4 Å². The molecule has 0 amide bonds. The summed E-state index contributed by atoms with van der Waals surface area (Å²) in [6.07, 6.45) is 0.185. The lowest BCUT2D eigenvalue weighted by atomic mass is 9.98. The summed E-state index contributed by atoms with van der Waals surface area (Å²) in [5.41, 5.74) is 11.1. The predicted octanol–water partition coefficient (Wildman–Crippen LogP) is 7.03. The Kier molecular flexibility index (Phi) is 13.4. The Bertz CT molecular complexity index is 1720. The minimum Gasteiger partial charge on any atom is -0.507 e. The molecule has 5 aromatic rings. The fourth-order valence-electron chi connectivity index (χ4n) is 5.57. The second kappa shape index (κ2) is 17.9. The molecule has 1 aromatic carbocycles. The van der Waals surface area contributed by atoms with Gasteiger partial charge in [-0.05, 0) is 60.5 Å². The van der Waals surface area contributed by atoms with E-state index in [2.05, 4.69) is 29.7 Å². The Morgan fingerprint density at radius 3 is 1.30 bits per heavy atom. The van der Waals surface area contributed by atoms with Crippen LogP contribution in [-0.2, 0) is 55.2 Å². The second-order valence-electron chi connectivity index (χ2n) is 11.7.